The number of anilines is 1. The molecular weight excluding hydrogens is 472 g/mol. The number of aliphatic hydroxyl groups excluding tert-OH is 1. The standard InChI is InChI=1S/C28H26N4O5/c1-16(33)17-4-3-5-19(12-17)31-27(34)18-6-9-23-22(13-18)25(28(35)32-23)26-21-8-7-20(37-11-10-36-2)14-24(21)29-15-30-26/h3-9,12-16,32-33,35H,10-11H2,1-2H3,(H,31,34). The van der Waals surface area contributed by atoms with Gasteiger partial charge >= 0.3 is 0 Å². The summed E-state index contributed by atoms with van der Waals surface area (Å²) in [6, 6.07) is 17.7. The lowest BCUT2D eigenvalue weighted by Gasteiger charge is -2.10. The number of amides is 1. The van der Waals surface area contributed by atoms with Crippen LogP contribution in [0, 0.1) is 0 Å². The van der Waals surface area contributed by atoms with Gasteiger partial charge in [0.1, 0.15) is 18.7 Å². The Morgan fingerprint density at radius 1 is 1.05 bits per heavy atom. The largest absolute Gasteiger partial charge is 0.494 e. The lowest BCUT2D eigenvalue weighted by atomic mass is 10.0. The highest BCUT2D eigenvalue weighted by Gasteiger charge is 2.19. The average molecular weight is 499 g/mol. The smallest absolute Gasteiger partial charge is 0.255 e. The predicted molar refractivity (Wildman–Crippen MR) is 141 cm³/mol. The Labute approximate surface area is 212 Å². The molecule has 1 atom stereocenters. The van der Waals surface area contributed by atoms with E-state index in [4.69, 9.17) is 9.47 Å². The fraction of sp³-hybridized carbons (Fsp3) is 0.179. The molecule has 0 fully saturated rings. The maximum atomic E-state index is 13.1. The van der Waals surface area contributed by atoms with E-state index >= 15 is 0 Å². The Hall–Kier alpha value is -4.47. The quantitative estimate of drug-likeness (QED) is 0.226. The fourth-order valence-corrected chi connectivity index (χ4v) is 4.21. The van der Waals surface area contributed by atoms with Gasteiger partial charge in [0.05, 0.1) is 29.5 Å². The van der Waals surface area contributed by atoms with E-state index in [1.807, 2.05) is 18.2 Å². The summed E-state index contributed by atoms with van der Waals surface area (Å²) in [6.07, 6.45) is 0.787. The van der Waals surface area contributed by atoms with Gasteiger partial charge in [0.25, 0.3) is 5.91 Å². The van der Waals surface area contributed by atoms with Crippen molar-refractivity contribution < 1.29 is 24.5 Å². The molecule has 0 aliphatic rings. The van der Waals surface area contributed by atoms with Gasteiger partial charge in [-0.1, -0.05) is 12.1 Å². The molecule has 1 amide bonds. The predicted octanol–water partition coefficient (Wildman–Crippen LogP) is 4.81. The zero-order valence-corrected chi connectivity index (χ0v) is 20.4. The number of hydrogen-bond donors (Lipinski definition) is 4. The highest BCUT2D eigenvalue weighted by molar-refractivity contribution is 6.10. The van der Waals surface area contributed by atoms with Crippen molar-refractivity contribution in [1.29, 1.82) is 0 Å². The number of aromatic nitrogens is 3. The summed E-state index contributed by atoms with van der Waals surface area (Å²) in [6.45, 7) is 2.55. The Balaban J connectivity index is 1.51. The Bertz CT molecular complexity index is 1590. The molecule has 3 aromatic carbocycles. The summed E-state index contributed by atoms with van der Waals surface area (Å²) < 4.78 is 10.7. The minimum atomic E-state index is -0.644. The highest BCUT2D eigenvalue weighted by atomic mass is 16.5. The van der Waals surface area contributed by atoms with E-state index in [0.29, 0.717) is 63.5 Å². The van der Waals surface area contributed by atoms with Crippen LogP contribution in [0.2, 0.25) is 0 Å². The minimum Gasteiger partial charge on any atom is -0.494 e. The lowest BCUT2D eigenvalue weighted by molar-refractivity contribution is 0.102. The maximum absolute atomic E-state index is 13.1. The first-order valence-corrected chi connectivity index (χ1v) is 11.8. The van der Waals surface area contributed by atoms with Crippen molar-refractivity contribution >= 4 is 33.4 Å². The number of carbonyl (C=O) groups excluding carboxylic acids is 1. The first-order valence-electron chi connectivity index (χ1n) is 11.8. The molecule has 0 spiro atoms. The van der Waals surface area contributed by atoms with Gasteiger partial charge in [0.15, 0.2) is 5.88 Å². The van der Waals surface area contributed by atoms with E-state index in [1.165, 1.54) is 6.33 Å². The first-order chi connectivity index (χ1) is 17.9. The SMILES string of the molecule is COCCOc1ccc2c(-c3c(O)[nH]c4ccc(C(=O)Nc5cccc(C(C)O)c5)cc34)ncnc2c1. The third-order valence-electron chi connectivity index (χ3n) is 6.07. The summed E-state index contributed by atoms with van der Waals surface area (Å²) in [4.78, 5) is 24.8. The Morgan fingerprint density at radius 3 is 2.73 bits per heavy atom. The molecule has 5 aromatic rings. The van der Waals surface area contributed by atoms with E-state index in [9.17, 15) is 15.0 Å². The molecule has 0 aliphatic carbocycles. The molecule has 1 unspecified atom stereocenters. The number of methoxy groups -OCH3 is 1. The number of H-pyrrole nitrogens is 1. The van der Waals surface area contributed by atoms with Crippen molar-refractivity contribution in [2.24, 2.45) is 0 Å². The van der Waals surface area contributed by atoms with Crippen LogP contribution in [-0.2, 0) is 4.74 Å². The molecule has 2 aromatic heterocycles. The zero-order chi connectivity index (χ0) is 25.9. The number of carbonyl (C=O) groups is 1. The molecule has 5 rings (SSSR count). The normalized spacial score (nSPS) is 12.1. The number of aromatic hydroxyl groups is 1. The van der Waals surface area contributed by atoms with Crippen molar-refractivity contribution in [3.05, 3.63) is 78.1 Å². The zero-order valence-electron chi connectivity index (χ0n) is 20.4. The molecule has 9 heteroatoms. The number of nitrogens with one attached hydrogen (secondary N) is 2. The van der Waals surface area contributed by atoms with Crippen molar-refractivity contribution in [3.63, 3.8) is 0 Å². The number of rotatable bonds is 8. The van der Waals surface area contributed by atoms with Gasteiger partial charge in [-0.15, -0.1) is 0 Å². The van der Waals surface area contributed by atoms with Gasteiger partial charge in [0, 0.05) is 40.7 Å². The number of aromatic amines is 1. The van der Waals surface area contributed by atoms with Crippen LogP contribution in [0.25, 0.3) is 33.1 Å². The molecule has 2 heterocycles. The highest BCUT2D eigenvalue weighted by Crippen LogP contribution is 2.39. The van der Waals surface area contributed by atoms with Crippen molar-refractivity contribution in [2.45, 2.75) is 13.0 Å². The van der Waals surface area contributed by atoms with Crippen LogP contribution in [0.3, 0.4) is 0 Å². The van der Waals surface area contributed by atoms with Crippen LogP contribution in [0.4, 0.5) is 5.69 Å². The summed E-state index contributed by atoms with van der Waals surface area (Å²) in [5.74, 6) is 0.273. The van der Waals surface area contributed by atoms with E-state index in [-0.39, 0.29) is 11.8 Å². The molecule has 4 N–H and O–H groups in total. The van der Waals surface area contributed by atoms with E-state index in [2.05, 4.69) is 20.3 Å². The summed E-state index contributed by atoms with van der Waals surface area (Å²) >= 11 is 0. The van der Waals surface area contributed by atoms with Crippen LogP contribution in [-0.4, -0.2) is 51.4 Å². The van der Waals surface area contributed by atoms with Crippen molar-refractivity contribution in [3.8, 4) is 22.9 Å². The van der Waals surface area contributed by atoms with Crippen molar-refractivity contribution in [2.75, 3.05) is 25.6 Å². The summed E-state index contributed by atoms with van der Waals surface area (Å²) in [5.41, 5.74) is 4.00. The Morgan fingerprint density at radius 2 is 1.92 bits per heavy atom. The average Bonchev–Trinajstić information content (AvgIpc) is 3.23. The number of fused-ring (bicyclic) bond motifs is 2. The van der Waals surface area contributed by atoms with Gasteiger partial charge < -0.3 is 30.0 Å². The van der Waals surface area contributed by atoms with Crippen LogP contribution in [0.1, 0.15) is 28.9 Å². The molecular formula is C28H26N4O5. The van der Waals surface area contributed by atoms with E-state index in [1.54, 1.807) is 56.5 Å². The number of benzene rings is 3. The molecule has 0 saturated heterocycles. The first kappa shape index (κ1) is 24.2. The van der Waals surface area contributed by atoms with Gasteiger partial charge in [-0.3, -0.25) is 4.79 Å². The van der Waals surface area contributed by atoms with Gasteiger partial charge in [-0.25, -0.2) is 9.97 Å². The third kappa shape index (κ3) is 4.95. The van der Waals surface area contributed by atoms with Crippen LogP contribution in [0.15, 0.2) is 67.0 Å². The fourth-order valence-electron chi connectivity index (χ4n) is 4.21. The second-order valence-corrected chi connectivity index (χ2v) is 8.61. The Kier molecular flexibility index (Phi) is 6.72. The topological polar surface area (TPSA) is 130 Å². The minimum absolute atomic E-state index is 0.0578. The maximum Gasteiger partial charge on any atom is 0.255 e. The van der Waals surface area contributed by atoms with E-state index in [0.717, 1.165) is 5.39 Å². The number of hydrogen-bond acceptors (Lipinski definition) is 7. The van der Waals surface area contributed by atoms with Gasteiger partial charge in [0.2, 0.25) is 0 Å². The molecule has 0 aliphatic heterocycles. The van der Waals surface area contributed by atoms with E-state index < -0.39 is 6.10 Å². The number of nitrogens with zero attached hydrogens (tertiary/aromatic N) is 2. The molecule has 188 valence electrons. The molecule has 37 heavy (non-hydrogen) atoms. The number of aliphatic hydroxyl groups is 1. The molecule has 0 saturated carbocycles. The number of ether oxygens (including phenoxy) is 2. The van der Waals surface area contributed by atoms with Crippen LogP contribution in [0.5, 0.6) is 11.6 Å². The monoisotopic (exact) mass is 498 g/mol. The summed E-state index contributed by atoms with van der Waals surface area (Å²) in [7, 11) is 1.61. The molecule has 0 bridgehead atoms. The van der Waals surface area contributed by atoms with Crippen LogP contribution < -0.4 is 10.1 Å². The second kappa shape index (κ2) is 10.3. The molecule has 9 nitrogen and oxygen atoms in total. The van der Waals surface area contributed by atoms with Crippen molar-refractivity contribution in [1.82, 2.24) is 15.0 Å². The third-order valence-corrected chi connectivity index (χ3v) is 6.07. The van der Waals surface area contributed by atoms with Crippen LogP contribution >= 0.6 is 0 Å². The second-order valence-electron chi connectivity index (χ2n) is 8.61. The lowest BCUT2D eigenvalue weighted by Crippen LogP contribution is -2.12. The summed E-state index contributed by atoms with van der Waals surface area (Å²) in [5, 5.41) is 24.9. The molecule has 0 radical (unpaired) electrons. The van der Waals surface area contributed by atoms with Gasteiger partial charge in [-0.2, -0.15) is 0 Å². The van der Waals surface area contributed by atoms with Gasteiger partial charge in [-0.05, 0) is 55.0 Å².